The molecule has 2 aromatic rings. The number of aryl methyl sites for hydroxylation is 2. The number of aromatic nitrogens is 1. The molecule has 0 bridgehead atoms. The molecule has 0 aliphatic carbocycles. The summed E-state index contributed by atoms with van der Waals surface area (Å²) >= 11 is 3.52. The Morgan fingerprint density at radius 2 is 1.80 bits per heavy atom. The molecule has 0 unspecified atom stereocenters. The normalized spacial score (nSPS) is 10.6. The molecule has 1 heterocycles. The van der Waals surface area contributed by atoms with E-state index in [1.165, 1.54) is 11.1 Å². The minimum Gasteiger partial charge on any atom is -0.368 e. The van der Waals surface area contributed by atoms with Gasteiger partial charge in [-0.2, -0.15) is 0 Å². The van der Waals surface area contributed by atoms with E-state index in [9.17, 15) is 0 Å². The van der Waals surface area contributed by atoms with Crippen molar-refractivity contribution in [1.29, 1.82) is 0 Å². The van der Waals surface area contributed by atoms with Gasteiger partial charge in [0.25, 0.3) is 0 Å². The van der Waals surface area contributed by atoms with E-state index in [1.807, 2.05) is 26.0 Å². The smallest absolute Gasteiger partial charge is 0.222 e. The van der Waals surface area contributed by atoms with Crippen LogP contribution in [0.25, 0.3) is 11.3 Å². The first-order valence-electron chi connectivity index (χ1n) is 4.57. The number of halogens is 1. The first-order chi connectivity index (χ1) is 7.08. The monoisotopic (exact) mass is 266 g/mol. The quantitative estimate of drug-likeness (QED) is 0.862. The fourth-order valence-corrected chi connectivity index (χ4v) is 1.75. The van der Waals surface area contributed by atoms with E-state index in [0.717, 1.165) is 15.7 Å². The van der Waals surface area contributed by atoms with Gasteiger partial charge in [-0.25, -0.2) is 0 Å². The fourth-order valence-electron chi connectivity index (χ4n) is 1.52. The lowest BCUT2D eigenvalue weighted by atomic mass is 10.1. The average Bonchev–Trinajstić information content (AvgIpc) is 2.60. The summed E-state index contributed by atoms with van der Waals surface area (Å²) < 4.78 is 5.97. The Hall–Kier alpha value is -1.29. The van der Waals surface area contributed by atoms with Crippen LogP contribution in [-0.4, -0.2) is 5.16 Å². The molecule has 0 radical (unpaired) electrons. The van der Waals surface area contributed by atoms with E-state index in [-0.39, 0.29) is 0 Å². The Kier molecular flexibility index (Phi) is 2.52. The van der Waals surface area contributed by atoms with Crippen molar-refractivity contribution in [3.63, 3.8) is 0 Å². The van der Waals surface area contributed by atoms with Crippen LogP contribution in [0.1, 0.15) is 11.1 Å². The third-order valence-electron chi connectivity index (χ3n) is 2.26. The Morgan fingerprint density at radius 3 is 2.27 bits per heavy atom. The van der Waals surface area contributed by atoms with E-state index in [1.54, 1.807) is 6.07 Å². The highest BCUT2D eigenvalue weighted by Gasteiger charge is 2.07. The molecule has 0 aliphatic rings. The van der Waals surface area contributed by atoms with Crippen LogP contribution in [0.3, 0.4) is 0 Å². The molecule has 15 heavy (non-hydrogen) atoms. The molecule has 0 aliphatic heterocycles. The second-order valence-corrected chi connectivity index (χ2v) is 4.33. The van der Waals surface area contributed by atoms with Crippen molar-refractivity contribution in [2.75, 3.05) is 5.73 Å². The molecular weight excluding hydrogens is 256 g/mol. The summed E-state index contributed by atoms with van der Waals surface area (Å²) in [6, 6.07) is 5.82. The lowest BCUT2D eigenvalue weighted by Crippen LogP contribution is -1.85. The van der Waals surface area contributed by atoms with Crippen LogP contribution in [0.2, 0.25) is 0 Å². The fraction of sp³-hybridized carbons (Fsp3) is 0.182. The largest absolute Gasteiger partial charge is 0.368 e. The van der Waals surface area contributed by atoms with E-state index in [4.69, 9.17) is 10.3 Å². The number of hydrogen-bond acceptors (Lipinski definition) is 3. The summed E-state index contributed by atoms with van der Waals surface area (Å²) in [4.78, 5) is 0. The van der Waals surface area contributed by atoms with Gasteiger partial charge in [0.05, 0.1) is 0 Å². The lowest BCUT2D eigenvalue weighted by Gasteiger charge is -2.05. The molecule has 0 saturated heterocycles. The molecule has 0 atom stereocenters. The van der Waals surface area contributed by atoms with Crippen LogP contribution in [-0.2, 0) is 0 Å². The van der Waals surface area contributed by atoms with Crippen molar-refractivity contribution in [2.45, 2.75) is 13.8 Å². The predicted octanol–water partition coefficient (Wildman–Crippen LogP) is 3.30. The van der Waals surface area contributed by atoms with Crippen LogP contribution < -0.4 is 5.73 Å². The third-order valence-corrected chi connectivity index (χ3v) is 3.51. The lowest BCUT2D eigenvalue weighted by molar-refractivity contribution is 0.439. The zero-order chi connectivity index (χ0) is 11.0. The van der Waals surface area contributed by atoms with Gasteiger partial charge in [0.15, 0.2) is 0 Å². The molecular formula is C11H11BrN2O. The SMILES string of the molecule is Cc1cc(-c2cc(N)on2)cc(C)c1Br. The van der Waals surface area contributed by atoms with E-state index in [2.05, 4.69) is 21.1 Å². The second kappa shape index (κ2) is 3.70. The number of anilines is 1. The van der Waals surface area contributed by atoms with E-state index >= 15 is 0 Å². The Balaban J connectivity index is 2.55. The molecule has 78 valence electrons. The van der Waals surface area contributed by atoms with E-state index in [0.29, 0.717) is 5.88 Å². The highest BCUT2D eigenvalue weighted by molar-refractivity contribution is 9.10. The molecule has 0 amide bonds. The summed E-state index contributed by atoms with van der Waals surface area (Å²) in [5.41, 5.74) is 9.62. The molecule has 2 rings (SSSR count). The molecule has 0 fully saturated rings. The average molecular weight is 267 g/mol. The summed E-state index contributed by atoms with van der Waals surface area (Å²) in [6.07, 6.45) is 0. The van der Waals surface area contributed by atoms with Crippen LogP contribution >= 0.6 is 15.9 Å². The minimum atomic E-state index is 0.336. The predicted molar refractivity (Wildman–Crippen MR) is 63.5 cm³/mol. The van der Waals surface area contributed by atoms with Gasteiger partial charge in [0.1, 0.15) is 5.69 Å². The van der Waals surface area contributed by atoms with Gasteiger partial charge in [0.2, 0.25) is 5.88 Å². The second-order valence-electron chi connectivity index (χ2n) is 3.54. The zero-order valence-electron chi connectivity index (χ0n) is 8.54. The maximum atomic E-state index is 5.48. The van der Waals surface area contributed by atoms with Gasteiger partial charge in [-0.3, -0.25) is 0 Å². The van der Waals surface area contributed by atoms with Crippen LogP contribution in [0.5, 0.6) is 0 Å². The van der Waals surface area contributed by atoms with Crippen molar-refractivity contribution in [3.05, 3.63) is 33.8 Å². The van der Waals surface area contributed by atoms with Crippen molar-refractivity contribution in [3.8, 4) is 11.3 Å². The maximum absolute atomic E-state index is 5.48. The first kappa shape index (κ1) is 10.2. The number of nitrogens with two attached hydrogens (primary N) is 1. The molecule has 0 saturated carbocycles. The van der Waals surface area contributed by atoms with Gasteiger partial charge < -0.3 is 10.3 Å². The summed E-state index contributed by atoms with van der Waals surface area (Å²) in [5.74, 6) is 0.336. The third kappa shape index (κ3) is 1.90. The topological polar surface area (TPSA) is 52.0 Å². The van der Waals surface area contributed by atoms with Crippen LogP contribution in [0, 0.1) is 13.8 Å². The zero-order valence-corrected chi connectivity index (χ0v) is 10.1. The number of nitrogens with zero attached hydrogens (tertiary/aromatic N) is 1. The maximum Gasteiger partial charge on any atom is 0.222 e. The Bertz CT molecular complexity index is 482. The number of nitrogen functional groups attached to an aromatic ring is 1. The molecule has 3 nitrogen and oxygen atoms in total. The Labute approximate surface area is 96.4 Å². The summed E-state index contributed by atoms with van der Waals surface area (Å²) in [6.45, 7) is 4.09. The van der Waals surface area contributed by atoms with Gasteiger partial charge in [-0.15, -0.1) is 0 Å². The molecule has 2 N–H and O–H groups in total. The number of rotatable bonds is 1. The van der Waals surface area contributed by atoms with Crippen molar-refractivity contribution in [1.82, 2.24) is 5.16 Å². The molecule has 4 heteroatoms. The number of hydrogen-bond donors (Lipinski definition) is 1. The summed E-state index contributed by atoms with van der Waals surface area (Å²) in [5, 5.41) is 3.88. The van der Waals surface area contributed by atoms with Gasteiger partial charge >= 0.3 is 0 Å². The van der Waals surface area contributed by atoms with Gasteiger partial charge in [0, 0.05) is 16.1 Å². The number of benzene rings is 1. The minimum absolute atomic E-state index is 0.336. The standard InChI is InChI=1S/C11H11BrN2O/c1-6-3-8(4-7(2)11(6)12)9-5-10(13)15-14-9/h3-5H,13H2,1-2H3. The van der Waals surface area contributed by atoms with Gasteiger partial charge in [-0.1, -0.05) is 21.1 Å². The van der Waals surface area contributed by atoms with Crippen molar-refractivity contribution < 1.29 is 4.52 Å². The highest BCUT2D eigenvalue weighted by Crippen LogP contribution is 2.28. The summed E-state index contributed by atoms with van der Waals surface area (Å²) in [7, 11) is 0. The van der Waals surface area contributed by atoms with Crippen molar-refractivity contribution >= 4 is 21.8 Å². The van der Waals surface area contributed by atoms with Crippen molar-refractivity contribution in [2.24, 2.45) is 0 Å². The molecule has 1 aromatic carbocycles. The highest BCUT2D eigenvalue weighted by atomic mass is 79.9. The Morgan fingerprint density at radius 1 is 1.20 bits per heavy atom. The van der Waals surface area contributed by atoms with Gasteiger partial charge in [-0.05, 0) is 37.1 Å². The van der Waals surface area contributed by atoms with Crippen LogP contribution in [0.4, 0.5) is 5.88 Å². The van der Waals surface area contributed by atoms with E-state index < -0.39 is 0 Å². The molecule has 1 aromatic heterocycles. The van der Waals surface area contributed by atoms with Crippen LogP contribution in [0.15, 0.2) is 27.2 Å². The molecule has 0 spiro atoms. The first-order valence-corrected chi connectivity index (χ1v) is 5.36.